The number of nitrogens with zero attached hydrogens (tertiary/aromatic N) is 1. The zero-order valence-electron chi connectivity index (χ0n) is 14.7. The number of amides is 1. The number of H-pyrrole nitrogens is 1. The van der Waals surface area contributed by atoms with Crippen LogP contribution in [0.4, 0.5) is 0 Å². The van der Waals surface area contributed by atoms with Gasteiger partial charge in [0.05, 0.1) is 7.11 Å². The molecule has 2 heterocycles. The molecule has 1 saturated heterocycles. The van der Waals surface area contributed by atoms with Gasteiger partial charge in [-0.2, -0.15) is 0 Å². The molecule has 1 saturated carbocycles. The van der Waals surface area contributed by atoms with Crippen LogP contribution >= 0.6 is 0 Å². The van der Waals surface area contributed by atoms with Gasteiger partial charge in [0.1, 0.15) is 6.04 Å². The Kier molecular flexibility index (Phi) is 4.02. The van der Waals surface area contributed by atoms with E-state index in [0.717, 1.165) is 29.3 Å². The van der Waals surface area contributed by atoms with E-state index in [1.807, 2.05) is 35.4 Å². The van der Waals surface area contributed by atoms with E-state index in [-0.39, 0.29) is 17.9 Å². The molecule has 1 aliphatic heterocycles. The van der Waals surface area contributed by atoms with Crippen LogP contribution in [-0.2, 0) is 20.7 Å². The van der Waals surface area contributed by atoms with Crippen molar-refractivity contribution in [2.75, 3.05) is 7.11 Å². The molecule has 1 amide bonds. The van der Waals surface area contributed by atoms with Gasteiger partial charge in [0, 0.05) is 36.0 Å². The molecular formula is C20H24N2O3. The van der Waals surface area contributed by atoms with E-state index in [4.69, 9.17) is 4.74 Å². The maximum absolute atomic E-state index is 12.7. The summed E-state index contributed by atoms with van der Waals surface area (Å²) in [5.41, 5.74) is 2.09. The van der Waals surface area contributed by atoms with Gasteiger partial charge in [-0.3, -0.25) is 4.79 Å². The predicted octanol–water partition coefficient (Wildman–Crippen LogP) is 2.90. The largest absolute Gasteiger partial charge is 0.467 e. The molecule has 1 N–H and O–H groups in total. The Morgan fingerprint density at radius 1 is 1.36 bits per heavy atom. The summed E-state index contributed by atoms with van der Waals surface area (Å²) < 4.78 is 5.07. The molecule has 25 heavy (non-hydrogen) atoms. The summed E-state index contributed by atoms with van der Waals surface area (Å²) in [5.74, 6) is 0.769. The van der Waals surface area contributed by atoms with Gasteiger partial charge in [-0.05, 0) is 36.3 Å². The number of carbonyl (C=O) groups is 2. The van der Waals surface area contributed by atoms with Crippen LogP contribution in [0.2, 0.25) is 0 Å². The number of likely N-dealkylation sites (tertiary alicyclic amines) is 1. The number of fused-ring (bicyclic) bond motifs is 2. The predicted molar refractivity (Wildman–Crippen MR) is 94.9 cm³/mol. The topological polar surface area (TPSA) is 62.4 Å². The van der Waals surface area contributed by atoms with Crippen molar-refractivity contribution < 1.29 is 14.3 Å². The third-order valence-electron chi connectivity index (χ3n) is 5.87. The molecular weight excluding hydrogens is 316 g/mol. The van der Waals surface area contributed by atoms with Crippen LogP contribution in [0.25, 0.3) is 10.9 Å². The second kappa shape index (κ2) is 6.21. The number of carbonyl (C=O) groups excluding carboxylic acids is 2. The quantitative estimate of drug-likeness (QED) is 0.871. The molecule has 0 spiro atoms. The van der Waals surface area contributed by atoms with Crippen LogP contribution in [-0.4, -0.2) is 41.0 Å². The number of hydrogen-bond donors (Lipinski definition) is 1. The Hall–Kier alpha value is -2.30. The zero-order chi connectivity index (χ0) is 17.6. The maximum Gasteiger partial charge on any atom is 0.328 e. The number of benzene rings is 1. The highest BCUT2D eigenvalue weighted by Crippen LogP contribution is 2.43. The number of methoxy groups -OCH3 is 1. The van der Waals surface area contributed by atoms with Crippen LogP contribution in [0.15, 0.2) is 30.5 Å². The van der Waals surface area contributed by atoms with Gasteiger partial charge in [-0.25, -0.2) is 4.79 Å². The lowest BCUT2D eigenvalue weighted by Crippen LogP contribution is -2.48. The first-order valence-electron chi connectivity index (χ1n) is 9.02. The highest BCUT2D eigenvalue weighted by Gasteiger charge is 2.49. The van der Waals surface area contributed by atoms with Gasteiger partial charge in [-0.15, -0.1) is 0 Å². The highest BCUT2D eigenvalue weighted by atomic mass is 16.5. The second-order valence-corrected chi connectivity index (χ2v) is 7.51. The van der Waals surface area contributed by atoms with Crippen molar-refractivity contribution in [3.05, 3.63) is 36.0 Å². The van der Waals surface area contributed by atoms with Crippen molar-refractivity contribution in [2.24, 2.45) is 11.8 Å². The smallest absolute Gasteiger partial charge is 0.328 e. The summed E-state index contributed by atoms with van der Waals surface area (Å²) in [4.78, 5) is 30.3. The molecule has 1 aliphatic carbocycles. The first kappa shape index (κ1) is 16.2. The fraction of sp³-hybridized carbons (Fsp3) is 0.500. The van der Waals surface area contributed by atoms with Gasteiger partial charge >= 0.3 is 5.97 Å². The van der Waals surface area contributed by atoms with Crippen molar-refractivity contribution in [1.82, 2.24) is 9.88 Å². The van der Waals surface area contributed by atoms with Crippen molar-refractivity contribution in [1.29, 1.82) is 0 Å². The van der Waals surface area contributed by atoms with E-state index in [1.165, 1.54) is 7.11 Å². The van der Waals surface area contributed by atoms with Crippen molar-refractivity contribution >= 4 is 22.8 Å². The zero-order valence-corrected chi connectivity index (χ0v) is 14.7. The van der Waals surface area contributed by atoms with Crippen LogP contribution < -0.4 is 0 Å². The van der Waals surface area contributed by atoms with Gasteiger partial charge < -0.3 is 14.6 Å². The average molecular weight is 340 g/mol. The lowest BCUT2D eigenvalue weighted by atomic mass is 10.0. The first-order chi connectivity index (χ1) is 12.1. The molecule has 2 aromatic rings. The number of aromatic amines is 1. The molecule has 1 aromatic carbocycles. The molecule has 2 unspecified atom stereocenters. The molecule has 2 fully saturated rings. The standard InChI is InChI=1S/C20H24N2O3/c1-12-7-13-10-19(23)22(17(13)8-12)18(20(24)25-2)9-14-11-21-16-6-4-3-5-15(14)16/h3-6,11-13,17-18,21H,7-10H2,1-2H3/t12-,13?,17?,18+/m1/s1. The third-order valence-corrected chi connectivity index (χ3v) is 5.87. The Bertz CT molecular complexity index is 812. The fourth-order valence-electron chi connectivity index (χ4n) is 4.79. The first-order valence-corrected chi connectivity index (χ1v) is 9.02. The minimum atomic E-state index is -0.544. The molecule has 0 radical (unpaired) electrons. The minimum absolute atomic E-state index is 0.0946. The highest BCUT2D eigenvalue weighted by molar-refractivity contribution is 5.88. The van der Waals surface area contributed by atoms with E-state index < -0.39 is 6.04 Å². The number of para-hydroxylation sites is 1. The summed E-state index contributed by atoms with van der Waals surface area (Å²) in [6, 6.07) is 7.66. The number of rotatable bonds is 4. The lowest BCUT2D eigenvalue weighted by molar-refractivity contribution is -0.152. The van der Waals surface area contributed by atoms with Crippen molar-refractivity contribution in [2.45, 2.75) is 44.7 Å². The molecule has 2 aliphatic rings. The lowest BCUT2D eigenvalue weighted by Gasteiger charge is -2.31. The number of hydrogen-bond acceptors (Lipinski definition) is 3. The number of ether oxygens (including phenoxy) is 1. The Labute approximate surface area is 147 Å². The van der Waals surface area contributed by atoms with Crippen molar-refractivity contribution in [3.8, 4) is 0 Å². The van der Waals surface area contributed by atoms with Gasteiger partial charge in [0.15, 0.2) is 0 Å². The summed E-state index contributed by atoms with van der Waals surface area (Å²) in [7, 11) is 1.40. The van der Waals surface area contributed by atoms with E-state index in [0.29, 0.717) is 24.7 Å². The molecule has 1 aromatic heterocycles. The normalized spacial score (nSPS) is 26.9. The number of nitrogens with one attached hydrogen (secondary N) is 1. The van der Waals surface area contributed by atoms with Crippen LogP contribution in [0.1, 0.15) is 31.7 Å². The Morgan fingerprint density at radius 2 is 2.16 bits per heavy atom. The van der Waals surface area contributed by atoms with E-state index in [9.17, 15) is 9.59 Å². The second-order valence-electron chi connectivity index (χ2n) is 7.51. The van der Waals surface area contributed by atoms with Crippen molar-refractivity contribution in [3.63, 3.8) is 0 Å². The summed E-state index contributed by atoms with van der Waals surface area (Å²) in [5, 5.41) is 1.10. The number of aromatic nitrogens is 1. The molecule has 132 valence electrons. The number of esters is 1. The Balaban J connectivity index is 1.67. The minimum Gasteiger partial charge on any atom is -0.467 e. The SMILES string of the molecule is COC(=O)[C@H](Cc1c[nH]c2ccccc12)N1C(=O)CC2C[C@@H](C)CC21. The van der Waals surface area contributed by atoms with E-state index in [1.54, 1.807) is 0 Å². The van der Waals surface area contributed by atoms with Gasteiger partial charge in [0.25, 0.3) is 0 Å². The molecule has 5 nitrogen and oxygen atoms in total. The summed E-state index contributed by atoms with van der Waals surface area (Å²) in [6.45, 7) is 2.23. The average Bonchev–Trinajstić information content (AvgIpc) is 3.24. The monoisotopic (exact) mass is 340 g/mol. The fourth-order valence-corrected chi connectivity index (χ4v) is 4.79. The molecule has 4 rings (SSSR count). The molecule has 5 heteroatoms. The molecule has 0 bridgehead atoms. The van der Waals surface area contributed by atoms with Gasteiger partial charge in [0.2, 0.25) is 5.91 Å². The van der Waals surface area contributed by atoms with E-state index >= 15 is 0 Å². The summed E-state index contributed by atoms with van der Waals surface area (Å²) in [6.07, 6.45) is 5.05. The van der Waals surface area contributed by atoms with Crippen LogP contribution in [0.5, 0.6) is 0 Å². The van der Waals surface area contributed by atoms with Gasteiger partial charge in [-0.1, -0.05) is 25.1 Å². The summed E-state index contributed by atoms with van der Waals surface area (Å²) >= 11 is 0. The maximum atomic E-state index is 12.7. The van der Waals surface area contributed by atoms with Crippen LogP contribution in [0, 0.1) is 11.8 Å². The van der Waals surface area contributed by atoms with E-state index in [2.05, 4.69) is 11.9 Å². The molecule has 4 atom stereocenters. The third kappa shape index (κ3) is 2.71. The Morgan fingerprint density at radius 3 is 2.96 bits per heavy atom. The van der Waals surface area contributed by atoms with Crippen LogP contribution in [0.3, 0.4) is 0 Å².